The summed E-state index contributed by atoms with van der Waals surface area (Å²) in [5, 5.41) is 11.1. The van der Waals surface area contributed by atoms with Crippen molar-refractivity contribution in [2.45, 2.75) is 0 Å². The Hall–Kier alpha value is -7.50. The maximum Gasteiger partial charge on any atom is 0.248 e. The minimum atomic E-state index is 0.488. The van der Waals surface area contributed by atoms with E-state index in [0.717, 1.165) is 39.4 Å². The summed E-state index contributed by atoms with van der Waals surface area (Å²) in [7, 11) is 0. The molecule has 8 aromatic carbocycles. The van der Waals surface area contributed by atoms with E-state index in [4.69, 9.17) is 4.42 Å². The summed E-state index contributed by atoms with van der Waals surface area (Å²) in [6.45, 7) is 0. The van der Waals surface area contributed by atoms with Crippen LogP contribution in [0.2, 0.25) is 0 Å². The van der Waals surface area contributed by atoms with Gasteiger partial charge in [-0.15, -0.1) is 10.2 Å². The van der Waals surface area contributed by atoms with E-state index in [-0.39, 0.29) is 0 Å². The third-order valence-corrected chi connectivity index (χ3v) is 10.2. The zero-order valence-electron chi connectivity index (χ0n) is 29.8. The van der Waals surface area contributed by atoms with E-state index >= 15 is 0 Å². The molecule has 2 heterocycles. The monoisotopic (exact) mass is 706 g/mol. The fraction of sp³-hybridized carbons (Fsp3) is 0. The molecule has 0 aliphatic rings. The summed E-state index contributed by atoms with van der Waals surface area (Å²) >= 11 is 0. The van der Waals surface area contributed by atoms with Gasteiger partial charge in [0.25, 0.3) is 0 Å². The third-order valence-electron chi connectivity index (χ3n) is 10.2. The Balaban J connectivity index is 0.972. The minimum Gasteiger partial charge on any atom is -0.416 e. The molecule has 5 heteroatoms. The molecule has 0 atom stereocenters. The van der Waals surface area contributed by atoms with Crippen LogP contribution in [0.4, 0.5) is 17.1 Å². The van der Waals surface area contributed by atoms with Crippen LogP contribution in [0, 0.1) is 0 Å². The van der Waals surface area contributed by atoms with E-state index in [2.05, 4.69) is 177 Å². The first-order valence-corrected chi connectivity index (χ1v) is 18.4. The van der Waals surface area contributed by atoms with Crippen LogP contribution in [-0.4, -0.2) is 14.8 Å². The van der Waals surface area contributed by atoms with Gasteiger partial charge in [0.2, 0.25) is 11.8 Å². The highest BCUT2D eigenvalue weighted by atomic mass is 16.4. The molecule has 0 aliphatic carbocycles. The first kappa shape index (κ1) is 32.2. The number of fused-ring (bicyclic) bond motifs is 3. The quantitative estimate of drug-likeness (QED) is 0.158. The number of hydrogen-bond donors (Lipinski definition) is 0. The molecular formula is C50H34N4O. The molecule has 0 fully saturated rings. The van der Waals surface area contributed by atoms with Crippen LogP contribution in [0.3, 0.4) is 0 Å². The zero-order chi connectivity index (χ0) is 36.6. The third kappa shape index (κ3) is 6.04. The van der Waals surface area contributed by atoms with Crippen LogP contribution in [0.25, 0.3) is 72.7 Å². The van der Waals surface area contributed by atoms with Gasteiger partial charge in [0.05, 0.1) is 11.0 Å². The molecule has 5 nitrogen and oxygen atoms in total. The van der Waals surface area contributed by atoms with Crippen LogP contribution in [0.15, 0.2) is 211 Å². The Morgan fingerprint density at radius 1 is 0.345 bits per heavy atom. The van der Waals surface area contributed by atoms with Crippen molar-refractivity contribution in [3.63, 3.8) is 0 Å². The smallest absolute Gasteiger partial charge is 0.248 e. The molecule has 2 aromatic heterocycles. The van der Waals surface area contributed by atoms with E-state index in [0.29, 0.717) is 11.8 Å². The average molecular weight is 707 g/mol. The van der Waals surface area contributed by atoms with Gasteiger partial charge in [-0.25, -0.2) is 0 Å². The van der Waals surface area contributed by atoms with Crippen molar-refractivity contribution in [2.24, 2.45) is 0 Å². The number of anilines is 3. The van der Waals surface area contributed by atoms with Gasteiger partial charge in [-0.1, -0.05) is 115 Å². The largest absolute Gasteiger partial charge is 0.416 e. The maximum atomic E-state index is 6.04. The Kier molecular flexibility index (Phi) is 8.08. The highest BCUT2D eigenvalue weighted by Crippen LogP contribution is 2.39. The fourth-order valence-corrected chi connectivity index (χ4v) is 7.48. The number of nitrogens with zero attached hydrogens (tertiary/aromatic N) is 4. The average Bonchev–Trinajstić information content (AvgIpc) is 3.89. The molecule has 0 aliphatic heterocycles. The van der Waals surface area contributed by atoms with E-state index in [9.17, 15) is 0 Å². The molecule has 0 N–H and O–H groups in total. The molecule has 0 amide bonds. The Morgan fingerprint density at radius 2 is 0.782 bits per heavy atom. The second-order valence-corrected chi connectivity index (χ2v) is 13.5. The topological polar surface area (TPSA) is 47.1 Å². The van der Waals surface area contributed by atoms with Crippen LogP contribution in [-0.2, 0) is 0 Å². The van der Waals surface area contributed by atoms with Crippen molar-refractivity contribution in [3.05, 3.63) is 206 Å². The first-order chi connectivity index (χ1) is 27.3. The summed E-state index contributed by atoms with van der Waals surface area (Å²) in [4.78, 5) is 2.26. The second kappa shape index (κ2) is 13.8. The van der Waals surface area contributed by atoms with Gasteiger partial charge >= 0.3 is 0 Å². The molecular weight excluding hydrogens is 673 g/mol. The highest BCUT2D eigenvalue weighted by molar-refractivity contribution is 6.10. The number of aromatic nitrogens is 3. The summed E-state index contributed by atoms with van der Waals surface area (Å²) < 4.78 is 8.41. The molecule has 10 aromatic rings. The van der Waals surface area contributed by atoms with Crippen LogP contribution in [0.1, 0.15) is 0 Å². The molecule has 0 unspecified atom stereocenters. The first-order valence-electron chi connectivity index (χ1n) is 18.4. The van der Waals surface area contributed by atoms with Gasteiger partial charge in [0.15, 0.2) is 0 Å². The van der Waals surface area contributed by atoms with Crippen LogP contribution < -0.4 is 4.90 Å². The predicted octanol–water partition coefficient (Wildman–Crippen LogP) is 13.3. The Morgan fingerprint density at radius 3 is 1.44 bits per heavy atom. The van der Waals surface area contributed by atoms with Crippen LogP contribution in [0.5, 0.6) is 0 Å². The van der Waals surface area contributed by atoms with Crippen molar-refractivity contribution in [3.8, 4) is 50.8 Å². The highest BCUT2D eigenvalue weighted by Gasteiger charge is 2.17. The Labute approximate surface area is 319 Å². The molecule has 10 rings (SSSR count). The minimum absolute atomic E-state index is 0.488. The number of benzene rings is 8. The molecule has 0 saturated carbocycles. The van der Waals surface area contributed by atoms with Gasteiger partial charge in [-0.05, 0) is 113 Å². The summed E-state index contributed by atoms with van der Waals surface area (Å²) in [5.41, 5.74) is 13.2. The zero-order valence-corrected chi connectivity index (χ0v) is 29.8. The van der Waals surface area contributed by atoms with E-state index in [1.54, 1.807) is 0 Å². The van der Waals surface area contributed by atoms with Crippen LogP contribution >= 0.6 is 0 Å². The van der Waals surface area contributed by atoms with Gasteiger partial charge in [0, 0.05) is 44.6 Å². The predicted molar refractivity (Wildman–Crippen MR) is 225 cm³/mol. The van der Waals surface area contributed by atoms with Crippen molar-refractivity contribution < 1.29 is 4.42 Å². The standard InChI is InChI=1S/C50H34N4O/c1-4-12-35(13-5-1)36-20-29-44(30-21-36)54-47-19-11-10-18-45(47)46-34-40(26-33-48(46)54)37-22-27-42(28-23-37)53(41-16-8-3-9-17-41)43-31-24-39(25-32-43)50-52-51-49(55-50)38-14-6-2-7-15-38/h1-34H. The van der Waals surface area contributed by atoms with Gasteiger partial charge < -0.3 is 13.9 Å². The lowest BCUT2D eigenvalue weighted by Gasteiger charge is -2.25. The Bertz CT molecular complexity index is 2880. The molecule has 260 valence electrons. The van der Waals surface area contributed by atoms with Gasteiger partial charge in [-0.3, -0.25) is 0 Å². The van der Waals surface area contributed by atoms with Gasteiger partial charge in [0.1, 0.15) is 0 Å². The molecule has 0 bridgehead atoms. The van der Waals surface area contributed by atoms with E-state index in [1.165, 1.54) is 38.5 Å². The number of para-hydroxylation sites is 2. The lowest BCUT2D eigenvalue weighted by Crippen LogP contribution is -2.09. The van der Waals surface area contributed by atoms with Crippen molar-refractivity contribution >= 4 is 38.9 Å². The lowest BCUT2D eigenvalue weighted by atomic mass is 10.0. The molecule has 55 heavy (non-hydrogen) atoms. The summed E-state index contributed by atoms with van der Waals surface area (Å²) in [5.74, 6) is 0.992. The summed E-state index contributed by atoms with van der Waals surface area (Å²) in [6, 6.07) is 72.2. The molecule has 0 saturated heterocycles. The van der Waals surface area contributed by atoms with E-state index in [1.807, 2.05) is 48.5 Å². The SMILES string of the molecule is c1ccc(-c2ccc(-n3c4ccccc4c4cc(-c5ccc(N(c6ccccc6)c6ccc(-c7nnc(-c8ccccc8)o7)cc6)cc5)ccc43)cc2)cc1. The second-order valence-electron chi connectivity index (χ2n) is 13.5. The van der Waals surface area contributed by atoms with Crippen molar-refractivity contribution in [1.82, 2.24) is 14.8 Å². The normalized spacial score (nSPS) is 11.3. The van der Waals surface area contributed by atoms with Crippen molar-refractivity contribution in [1.29, 1.82) is 0 Å². The van der Waals surface area contributed by atoms with E-state index < -0.39 is 0 Å². The number of rotatable bonds is 8. The molecule has 0 spiro atoms. The molecule has 0 radical (unpaired) electrons. The summed E-state index contributed by atoms with van der Waals surface area (Å²) in [6.07, 6.45) is 0. The number of hydrogen-bond acceptors (Lipinski definition) is 4. The lowest BCUT2D eigenvalue weighted by molar-refractivity contribution is 0.584. The fourth-order valence-electron chi connectivity index (χ4n) is 7.48. The van der Waals surface area contributed by atoms with Crippen molar-refractivity contribution in [2.75, 3.05) is 4.90 Å². The van der Waals surface area contributed by atoms with Gasteiger partial charge in [-0.2, -0.15) is 0 Å². The maximum absolute atomic E-state index is 6.04.